The lowest BCUT2D eigenvalue weighted by atomic mass is 9.87. The third-order valence-corrected chi connectivity index (χ3v) is 11.0. The van der Waals surface area contributed by atoms with Crippen LogP contribution < -0.4 is 16.4 Å². The normalized spacial score (nSPS) is 21.9. The van der Waals surface area contributed by atoms with Crippen molar-refractivity contribution in [3.05, 3.63) is 12.7 Å². The second-order valence-electron chi connectivity index (χ2n) is 11.9. The summed E-state index contributed by atoms with van der Waals surface area (Å²) in [6.07, 6.45) is -7.78. The first-order chi connectivity index (χ1) is 24.9. The van der Waals surface area contributed by atoms with Gasteiger partial charge in [-0.25, -0.2) is 28.6 Å². The predicted octanol–water partition coefficient (Wildman–Crippen LogP) is -1.86. The molecule has 2 aromatic heterocycles. The lowest BCUT2D eigenvalue weighted by molar-refractivity contribution is -0.139. The van der Waals surface area contributed by atoms with Gasteiger partial charge in [0, 0.05) is 30.7 Å². The van der Waals surface area contributed by atoms with Gasteiger partial charge in [0.05, 0.1) is 19.5 Å². The molecule has 2 aromatic rings. The van der Waals surface area contributed by atoms with E-state index in [0.29, 0.717) is 0 Å². The highest BCUT2D eigenvalue weighted by atomic mass is 32.2. The zero-order valence-electron chi connectivity index (χ0n) is 28.1. The van der Waals surface area contributed by atoms with Crippen LogP contribution in [0.5, 0.6) is 0 Å². The number of aromatic nitrogens is 4. The van der Waals surface area contributed by atoms with Crippen molar-refractivity contribution >= 4 is 75.1 Å². The summed E-state index contributed by atoms with van der Waals surface area (Å²) in [5.41, 5.74) is 4.19. The molecule has 2 amide bonds. The number of aliphatic hydroxyl groups excluding tert-OH is 2. The van der Waals surface area contributed by atoms with Gasteiger partial charge in [-0.3, -0.25) is 37.3 Å². The summed E-state index contributed by atoms with van der Waals surface area (Å²) in [5, 5.41) is 34.0. The van der Waals surface area contributed by atoms with Gasteiger partial charge >= 0.3 is 29.4 Å². The fraction of sp³-hybridized carbons (Fsp3) is 0.625. The van der Waals surface area contributed by atoms with Gasteiger partial charge in [0.2, 0.25) is 11.8 Å². The fourth-order valence-electron chi connectivity index (χ4n) is 4.47. The topological polar surface area (TPSA) is 401 Å². The predicted molar refractivity (Wildman–Crippen MR) is 179 cm³/mol. The van der Waals surface area contributed by atoms with Crippen molar-refractivity contribution in [1.29, 1.82) is 0 Å². The van der Waals surface area contributed by atoms with Crippen molar-refractivity contribution in [2.45, 2.75) is 57.3 Å². The number of rotatable bonds is 21. The smallest absolute Gasteiger partial charge is 0.481 e. The van der Waals surface area contributed by atoms with E-state index in [1.807, 2.05) is 0 Å². The number of fused-ring (bicyclic) bond motifs is 1. The highest BCUT2D eigenvalue weighted by Crippen LogP contribution is 2.61. The Kier molecular flexibility index (Phi) is 15.8. The maximum absolute atomic E-state index is 12.6. The SMILES string of the molecule is CC(C)(COP(=O)(O)OP(=O)(O)OC[C@H]1O[C@@H](n2cnc3c(N)ncnc32)[C@H](O)[C@@H]1OP(=O)(O)O)C(O)C(=O)NCCC(=O)NCCSC(=O)CC(=O)O. The number of hydrogen-bond donors (Lipinski definition) is 10. The Morgan fingerprint density at radius 2 is 1.72 bits per heavy atom. The number of carbonyl (C=O) groups is 4. The number of anilines is 1. The molecule has 0 aliphatic carbocycles. The van der Waals surface area contributed by atoms with Crippen LogP contribution in [-0.4, -0.2) is 134 Å². The number of carboxylic acids is 1. The van der Waals surface area contributed by atoms with Crippen LogP contribution in [0.2, 0.25) is 0 Å². The highest BCUT2D eigenvalue weighted by Gasteiger charge is 2.50. The number of imidazole rings is 1. The Morgan fingerprint density at radius 3 is 2.37 bits per heavy atom. The van der Waals surface area contributed by atoms with E-state index < -0.39 is 102 Å². The lowest BCUT2D eigenvalue weighted by Gasteiger charge is -2.30. The van der Waals surface area contributed by atoms with Crippen molar-refractivity contribution in [3.63, 3.8) is 0 Å². The van der Waals surface area contributed by atoms with Gasteiger partial charge in [-0.15, -0.1) is 0 Å². The summed E-state index contributed by atoms with van der Waals surface area (Å²) in [6, 6.07) is 0. The van der Waals surface area contributed by atoms with Crippen molar-refractivity contribution in [2.24, 2.45) is 5.41 Å². The van der Waals surface area contributed by atoms with Crippen LogP contribution in [0, 0.1) is 5.41 Å². The van der Waals surface area contributed by atoms with Crippen molar-refractivity contribution in [1.82, 2.24) is 30.2 Å². The number of phosphoric ester groups is 3. The summed E-state index contributed by atoms with van der Waals surface area (Å²) in [5.74, 6) is -2.80. The van der Waals surface area contributed by atoms with E-state index in [2.05, 4.69) is 34.4 Å². The molecule has 1 aliphatic rings. The molecule has 3 rings (SSSR count). The molecule has 0 radical (unpaired) electrons. The number of thioether (sulfide) groups is 1. The van der Waals surface area contributed by atoms with E-state index in [0.717, 1.165) is 29.0 Å². The molecule has 1 fully saturated rings. The lowest BCUT2D eigenvalue weighted by Crippen LogP contribution is -2.46. The van der Waals surface area contributed by atoms with E-state index in [4.69, 9.17) is 24.6 Å². The Morgan fingerprint density at radius 1 is 1.06 bits per heavy atom. The van der Waals surface area contributed by atoms with Crippen LogP contribution in [0.1, 0.15) is 32.9 Å². The number of ether oxygens (including phenoxy) is 1. The average Bonchev–Trinajstić information content (AvgIpc) is 3.60. The molecule has 304 valence electrons. The van der Waals surface area contributed by atoms with Gasteiger partial charge in [-0.05, 0) is 0 Å². The number of aliphatic carboxylic acids is 1. The third kappa shape index (κ3) is 13.6. The maximum Gasteiger partial charge on any atom is 0.481 e. The fourth-order valence-corrected chi connectivity index (χ4v) is 7.96. The summed E-state index contributed by atoms with van der Waals surface area (Å²) >= 11 is 0.718. The Bertz CT molecular complexity index is 1830. The van der Waals surface area contributed by atoms with Crippen LogP contribution in [0.15, 0.2) is 12.7 Å². The summed E-state index contributed by atoms with van der Waals surface area (Å²) < 4.78 is 61.8. The average molecular weight is 854 g/mol. The zero-order valence-corrected chi connectivity index (χ0v) is 31.6. The van der Waals surface area contributed by atoms with Crippen LogP contribution >= 0.6 is 35.2 Å². The van der Waals surface area contributed by atoms with Gasteiger partial charge < -0.3 is 56.0 Å². The first-order valence-corrected chi connectivity index (χ1v) is 20.7. The minimum Gasteiger partial charge on any atom is -0.481 e. The molecular weight excluding hydrogens is 815 g/mol. The van der Waals surface area contributed by atoms with E-state index >= 15 is 0 Å². The summed E-state index contributed by atoms with van der Waals surface area (Å²) in [7, 11) is -16.4. The first-order valence-electron chi connectivity index (χ1n) is 15.2. The van der Waals surface area contributed by atoms with E-state index in [1.165, 1.54) is 13.8 Å². The summed E-state index contributed by atoms with van der Waals surface area (Å²) in [6.45, 7) is 0.132. The molecule has 3 unspecified atom stereocenters. The number of amides is 2. The highest BCUT2D eigenvalue weighted by molar-refractivity contribution is 8.13. The third-order valence-electron chi connectivity index (χ3n) is 7.06. The largest absolute Gasteiger partial charge is 0.481 e. The number of nitrogens with two attached hydrogens (primary N) is 1. The van der Waals surface area contributed by atoms with Crippen molar-refractivity contribution < 1.29 is 90.4 Å². The van der Waals surface area contributed by atoms with Crippen LogP contribution in [0.25, 0.3) is 11.2 Å². The quantitative estimate of drug-likeness (QED) is 0.0374. The van der Waals surface area contributed by atoms with Gasteiger partial charge in [-0.2, -0.15) is 4.31 Å². The molecule has 54 heavy (non-hydrogen) atoms. The number of nitrogens with one attached hydrogen (secondary N) is 2. The van der Waals surface area contributed by atoms with Crippen molar-refractivity contribution in [2.75, 3.05) is 37.8 Å². The first kappa shape index (κ1) is 45.4. The molecule has 11 N–H and O–H groups in total. The number of hydrogen-bond acceptors (Lipinski definition) is 19. The molecule has 0 spiro atoms. The number of phosphoric acid groups is 3. The maximum atomic E-state index is 12.6. The van der Waals surface area contributed by atoms with E-state index in [1.54, 1.807) is 0 Å². The van der Waals surface area contributed by atoms with Gasteiger partial charge in [-0.1, -0.05) is 25.6 Å². The van der Waals surface area contributed by atoms with Crippen LogP contribution in [0.4, 0.5) is 5.82 Å². The van der Waals surface area contributed by atoms with Crippen LogP contribution in [0.3, 0.4) is 0 Å². The standard InChI is InChI=1S/C24H38N7O19P3S/c1-24(2,19(37)22(38)27-4-3-13(32)26-5-6-54-15(35)7-14(33)34)9-47-53(44,45)50-52(42,43)46-8-12-18(49-51(39,40)41)17(36)23(48-12)31-11-30-16-20(25)28-10-29-21(16)31/h10-12,17-19,23,36-37H,3-9H2,1-2H3,(H,26,32)(H,27,38)(H,33,34)(H,42,43)(H,44,45)(H2,25,28,29)(H2,39,40,41)/t12-,17-,18-,19?,23-/m1/s1. The Labute approximate surface area is 308 Å². The number of nitrogens with zero attached hydrogens (tertiary/aromatic N) is 4. The van der Waals surface area contributed by atoms with E-state index in [9.17, 15) is 62.7 Å². The molecule has 7 atom stereocenters. The van der Waals surface area contributed by atoms with Crippen LogP contribution in [-0.2, 0) is 55.5 Å². The second kappa shape index (κ2) is 18.8. The summed E-state index contributed by atoms with van der Waals surface area (Å²) in [4.78, 5) is 97.0. The molecule has 1 aliphatic heterocycles. The number of nitrogen functional groups attached to an aromatic ring is 1. The Balaban J connectivity index is 1.51. The molecule has 26 nitrogen and oxygen atoms in total. The van der Waals surface area contributed by atoms with Crippen molar-refractivity contribution in [3.8, 4) is 0 Å². The molecule has 0 bridgehead atoms. The minimum absolute atomic E-state index is 0.0185. The molecule has 30 heteroatoms. The van der Waals surface area contributed by atoms with E-state index in [-0.39, 0.29) is 42.2 Å². The molecule has 1 saturated heterocycles. The number of aliphatic hydroxyl groups is 2. The molecular formula is C24H38N7O19P3S. The van der Waals surface area contributed by atoms with Gasteiger partial charge in [0.15, 0.2) is 22.8 Å². The van der Waals surface area contributed by atoms with Gasteiger partial charge in [0.1, 0.15) is 42.7 Å². The Hall–Kier alpha value is -2.97. The molecule has 0 saturated carbocycles. The van der Waals surface area contributed by atoms with Gasteiger partial charge in [0.25, 0.3) is 0 Å². The number of carbonyl (C=O) groups excluding carboxylic acids is 3. The molecule has 3 heterocycles. The second-order valence-corrected chi connectivity index (χ2v) is 17.2. The zero-order chi connectivity index (χ0) is 40.6. The minimum atomic E-state index is -5.59. The monoisotopic (exact) mass is 853 g/mol. The molecule has 0 aromatic carbocycles. The number of carboxylic acid groups (broad SMARTS) is 1.